The number of nitrogens with one attached hydrogen (secondary N) is 1. The number of carbonyl (C=O) groups is 3. The zero-order valence-electron chi connectivity index (χ0n) is 21.4. The Balaban J connectivity index is 1.19. The number of ether oxygens (including phenoxy) is 1. The van der Waals surface area contributed by atoms with Gasteiger partial charge < -0.3 is 14.1 Å². The monoisotopic (exact) mass is 511 g/mol. The first-order chi connectivity index (χ1) is 18.4. The summed E-state index contributed by atoms with van der Waals surface area (Å²) >= 11 is 0. The number of imide groups is 1. The third-order valence-corrected chi connectivity index (χ3v) is 7.14. The van der Waals surface area contributed by atoms with Gasteiger partial charge in [0.2, 0.25) is 0 Å². The zero-order valence-corrected chi connectivity index (χ0v) is 21.4. The molecule has 9 heteroatoms. The highest BCUT2D eigenvalue weighted by atomic mass is 16.5. The second-order valence-electron chi connectivity index (χ2n) is 10.0. The molecule has 8 nitrogen and oxygen atoms in total. The van der Waals surface area contributed by atoms with Crippen molar-refractivity contribution in [3.63, 3.8) is 0 Å². The summed E-state index contributed by atoms with van der Waals surface area (Å²) in [6, 6.07) is 18.6. The summed E-state index contributed by atoms with van der Waals surface area (Å²) in [5.41, 5.74) is 2.68. The van der Waals surface area contributed by atoms with Crippen LogP contribution in [0.2, 0.25) is 0 Å². The normalized spacial score (nSPS) is 15.6. The first-order valence-corrected chi connectivity index (χ1v) is 13.0. The number of rotatable bonds is 12. The Bertz CT molecular complexity index is 1350. The van der Waals surface area contributed by atoms with Gasteiger partial charge in [0, 0.05) is 28.7 Å². The number of benzene rings is 2. The van der Waals surface area contributed by atoms with Crippen LogP contribution in [0, 0.1) is 0 Å². The van der Waals surface area contributed by atoms with Crippen LogP contribution in [0.25, 0.3) is 11.3 Å². The van der Waals surface area contributed by atoms with Crippen molar-refractivity contribution in [2.75, 3.05) is 6.61 Å². The van der Waals surface area contributed by atoms with Crippen molar-refractivity contribution in [3.05, 3.63) is 78.1 Å². The van der Waals surface area contributed by atoms with Gasteiger partial charge in [0.15, 0.2) is 0 Å². The lowest BCUT2D eigenvalue weighted by Gasteiger charge is -2.30. The van der Waals surface area contributed by atoms with Crippen molar-refractivity contribution in [1.29, 1.82) is 0 Å². The van der Waals surface area contributed by atoms with Crippen molar-refractivity contribution >= 4 is 31.4 Å². The average Bonchev–Trinajstić information content (AvgIpc) is 3.29. The van der Waals surface area contributed by atoms with Crippen molar-refractivity contribution in [3.8, 4) is 17.1 Å². The number of para-hydroxylation sites is 1. The van der Waals surface area contributed by atoms with Gasteiger partial charge in [0.1, 0.15) is 25.1 Å². The molecule has 0 atom stereocenters. The van der Waals surface area contributed by atoms with Gasteiger partial charge in [0.25, 0.3) is 11.8 Å². The van der Waals surface area contributed by atoms with Crippen LogP contribution in [0.1, 0.15) is 54.4 Å². The Morgan fingerprint density at radius 3 is 2.50 bits per heavy atom. The molecular formula is C29H30BN3O5. The maximum absolute atomic E-state index is 13.6. The second kappa shape index (κ2) is 11.1. The highest BCUT2D eigenvalue weighted by molar-refractivity contribution is 6.46. The summed E-state index contributed by atoms with van der Waals surface area (Å²) in [6.45, 7) is 0.989. The van der Waals surface area contributed by atoms with E-state index in [1.807, 2.05) is 65.6 Å². The maximum Gasteiger partial charge on any atom is 0.348 e. The number of furan rings is 1. The van der Waals surface area contributed by atoms with Crippen LogP contribution in [0.5, 0.6) is 5.75 Å². The fourth-order valence-corrected chi connectivity index (χ4v) is 4.57. The molecule has 0 saturated heterocycles. The predicted molar refractivity (Wildman–Crippen MR) is 146 cm³/mol. The molecule has 0 unspecified atom stereocenters. The molecule has 2 heterocycles. The van der Waals surface area contributed by atoms with E-state index in [-0.39, 0.29) is 11.3 Å². The molecule has 1 saturated carbocycles. The molecule has 2 aromatic carbocycles. The molecule has 1 aliphatic heterocycles. The van der Waals surface area contributed by atoms with Crippen LogP contribution >= 0.6 is 0 Å². The molecule has 4 amide bonds. The van der Waals surface area contributed by atoms with Crippen molar-refractivity contribution < 1.29 is 23.5 Å². The largest absolute Gasteiger partial charge is 0.493 e. The molecule has 2 aliphatic rings. The van der Waals surface area contributed by atoms with Gasteiger partial charge in [-0.05, 0) is 68.9 Å². The van der Waals surface area contributed by atoms with Crippen LogP contribution in [-0.4, -0.2) is 48.3 Å². The molecule has 5 rings (SSSR count). The number of hydrogen-bond acceptors (Lipinski definition) is 5. The summed E-state index contributed by atoms with van der Waals surface area (Å²) in [4.78, 5) is 42.0. The van der Waals surface area contributed by atoms with E-state index >= 15 is 0 Å². The van der Waals surface area contributed by atoms with Crippen LogP contribution in [0.4, 0.5) is 4.79 Å². The Morgan fingerprint density at radius 1 is 1.03 bits per heavy atom. The topological polar surface area (TPSA) is 101 Å². The molecule has 1 N–H and O–H groups in total. The molecule has 194 valence electrons. The lowest BCUT2D eigenvalue weighted by atomic mass is 9.89. The van der Waals surface area contributed by atoms with E-state index in [1.165, 1.54) is 0 Å². The third-order valence-electron chi connectivity index (χ3n) is 7.14. The van der Waals surface area contributed by atoms with E-state index in [2.05, 4.69) is 18.2 Å². The van der Waals surface area contributed by atoms with Gasteiger partial charge in [0.05, 0.1) is 12.9 Å². The summed E-state index contributed by atoms with van der Waals surface area (Å²) in [6.07, 6.45) is 6.47. The molecule has 38 heavy (non-hydrogen) atoms. The standard InChI is InChI=1S/C29H30BN3O5/c30-29(15-16-29)33(27(35)21-13-11-20(12-14-21)24-10-6-18-38-24)19-22-7-3-4-9-25(22)37-17-5-1-2-8-23-26(34)32-28(36)31-23/h3-4,6-7,9-14,18H,1-2,5,8,15-17,19,30H2,(H,32,34,36). The van der Waals surface area contributed by atoms with Crippen LogP contribution in [0.15, 0.2) is 76.3 Å². The summed E-state index contributed by atoms with van der Waals surface area (Å²) in [5.74, 6) is 1.15. The average molecular weight is 511 g/mol. The number of aliphatic imine (C=N–C) groups is 1. The fourth-order valence-electron chi connectivity index (χ4n) is 4.57. The molecule has 0 spiro atoms. The Morgan fingerprint density at radius 2 is 1.82 bits per heavy atom. The predicted octanol–water partition coefficient (Wildman–Crippen LogP) is 4.34. The Kier molecular flexibility index (Phi) is 7.44. The van der Waals surface area contributed by atoms with Crippen LogP contribution in [-0.2, 0) is 11.3 Å². The van der Waals surface area contributed by atoms with Gasteiger partial charge in [-0.15, -0.1) is 0 Å². The number of hydrogen-bond donors (Lipinski definition) is 1. The Labute approximate surface area is 222 Å². The molecule has 0 radical (unpaired) electrons. The van der Waals surface area contributed by atoms with E-state index in [9.17, 15) is 14.4 Å². The molecule has 1 fully saturated rings. The number of nitrogens with zero attached hydrogens (tertiary/aromatic N) is 2. The van der Waals surface area contributed by atoms with Gasteiger partial charge in [-0.2, -0.15) is 4.99 Å². The van der Waals surface area contributed by atoms with E-state index < -0.39 is 11.9 Å². The lowest BCUT2D eigenvalue weighted by Crippen LogP contribution is -2.42. The number of unbranched alkanes of at least 4 members (excludes halogenated alkanes) is 2. The van der Waals surface area contributed by atoms with Crippen LogP contribution in [0.3, 0.4) is 0 Å². The van der Waals surface area contributed by atoms with Crippen molar-refractivity contribution in [2.45, 2.75) is 50.5 Å². The highest BCUT2D eigenvalue weighted by Crippen LogP contribution is 2.41. The van der Waals surface area contributed by atoms with E-state index in [4.69, 9.17) is 9.15 Å². The molecular weight excluding hydrogens is 481 g/mol. The van der Waals surface area contributed by atoms with Crippen molar-refractivity contribution in [2.24, 2.45) is 4.99 Å². The zero-order chi connectivity index (χ0) is 26.5. The molecule has 3 aromatic rings. The third kappa shape index (κ3) is 5.88. The fraction of sp³-hybridized carbons (Fsp3) is 0.310. The maximum atomic E-state index is 13.6. The van der Waals surface area contributed by atoms with Crippen LogP contribution < -0.4 is 10.1 Å². The number of carbonyl (C=O) groups excluding carboxylic acids is 3. The first kappa shape index (κ1) is 25.5. The molecule has 0 bridgehead atoms. The first-order valence-electron chi connectivity index (χ1n) is 13.0. The second-order valence-corrected chi connectivity index (χ2v) is 10.0. The lowest BCUT2D eigenvalue weighted by molar-refractivity contribution is -0.113. The molecule has 1 aliphatic carbocycles. The van der Waals surface area contributed by atoms with Gasteiger partial charge in [-0.3, -0.25) is 14.9 Å². The van der Waals surface area contributed by atoms with E-state index in [0.717, 1.165) is 54.7 Å². The molecule has 1 aromatic heterocycles. The highest BCUT2D eigenvalue weighted by Gasteiger charge is 2.45. The minimum Gasteiger partial charge on any atom is -0.493 e. The quantitative estimate of drug-likeness (QED) is 0.288. The minimum atomic E-state index is -0.580. The summed E-state index contributed by atoms with van der Waals surface area (Å²) in [5, 5.41) is 2.17. The Hall–Kier alpha value is -4.14. The summed E-state index contributed by atoms with van der Waals surface area (Å²) < 4.78 is 11.6. The smallest absolute Gasteiger partial charge is 0.348 e. The van der Waals surface area contributed by atoms with Crippen molar-refractivity contribution in [1.82, 2.24) is 10.2 Å². The van der Waals surface area contributed by atoms with Gasteiger partial charge >= 0.3 is 6.03 Å². The number of amides is 4. The summed E-state index contributed by atoms with van der Waals surface area (Å²) in [7, 11) is 2.13. The van der Waals surface area contributed by atoms with Gasteiger partial charge in [-0.25, -0.2) is 4.79 Å². The van der Waals surface area contributed by atoms with E-state index in [0.29, 0.717) is 30.8 Å². The minimum absolute atomic E-state index is 0.00291. The number of urea groups is 1. The SMILES string of the molecule is BC1(N(Cc2ccccc2OCCCCCC2=NC(=O)NC2=O)C(=O)c2ccc(-c3ccco3)cc2)CC1. The van der Waals surface area contributed by atoms with Gasteiger partial charge in [-0.1, -0.05) is 30.3 Å². The van der Waals surface area contributed by atoms with E-state index in [1.54, 1.807) is 6.26 Å².